The van der Waals surface area contributed by atoms with Crippen molar-refractivity contribution in [3.63, 3.8) is 0 Å². The van der Waals surface area contributed by atoms with Gasteiger partial charge in [0, 0.05) is 30.9 Å². The van der Waals surface area contributed by atoms with Crippen LogP contribution in [0, 0.1) is 11.7 Å². The zero-order valence-corrected chi connectivity index (χ0v) is 13.1. The molecule has 0 aromatic heterocycles. The van der Waals surface area contributed by atoms with Gasteiger partial charge in [0.05, 0.1) is 0 Å². The third-order valence-corrected chi connectivity index (χ3v) is 4.12. The van der Waals surface area contributed by atoms with Gasteiger partial charge in [-0.1, -0.05) is 27.7 Å². The predicted octanol–water partition coefficient (Wildman–Crippen LogP) is 3.95. The van der Waals surface area contributed by atoms with Crippen molar-refractivity contribution >= 4 is 5.69 Å². The lowest BCUT2D eigenvalue weighted by Gasteiger charge is -2.31. The van der Waals surface area contributed by atoms with Crippen LogP contribution in [-0.2, 0) is 6.54 Å². The van der Waals surface area contributed by atoms with E-state index in [1.165, 1.54) is 18.5 Å². The number of nitrogens with zero attached hydrogens (tertiary/aromatic N) is 1. The summed E-state index contributed by atoms with van der Waals surface area (Å²) in [5.41, 5.74) is 2.28. The molecule has 0 spiro atoms. The normalized spacial score (nSPS) is 19.4. The molecule has 112 valence electrons. The smallest absolute Gasteiger partial charge is 0.123 e. The highest BCUT2D eigenvalue weighted by Crippen LogP contribution is 2.32. The summed E-state index contributed by atoms with van der Waals surface area (Å²) in [5, 5.41) is 3.40. The highest BCUT2D eigenvalue weighted by molar-refractivity contribution is 5.55. The van der Waals surface area contributed by atoms with Gasteiger partial charge in [-0.15, -0.1) is 0 Å². The third-order valence-electron chi connectivity index (χ3n) is 4.12. The van der Waals surface area contributed by atoms with E-state index >= 15 is 0 Å². The van der Waals surface area contributed by atoms with Crippen molar-refractivity contribution in [2.24, 2.45) is 5.92 Å². The van der Waals surface area contributed by atoms with Crippen molar-refractivity contribution in [2.75, 3.05) is 11.4 Å². The Morgan fingerprint density at radius 1 is 1.30 bits per heavy atom. The van der Waals surface area contributed by atoms with Crippen molar-refractivity contribution in [3.05, 3.63) is 29.6 Å². The molecule has 1 heterocycles. The van der Waals surface area contributed by atoms with E-state index < -0.39 is 0 Å². The molecule has 0 amide bonds. The molecular weight excluding hydrogens is 251 g/mol. The molecule has 0 bridgehead atoms. The number of nitrogens with one attached hydrogen (secondary N) is 1. The molecule has 1 atom stereocenters. The Labute approximate surface area is 122 Å². The molecule has 0 aliphatic carbocycles. The fourth-order valence-corrected chi connectivity index (χ4v) is 3.07. The van der Waals surface area contributed by atoms with Crippen LogP contribution in [0.5, 0.6) is 0 Å². The standard InChI is InChI=1S/C17H27FN2/c1-12(2)16-6-5-9-20(16)17-8-7-15(18)10-14(17)11-19-13(3)4/h7-8,10,12-13,16,19H,5-6,9,11H2,1-4H3. The van der Waals surface area contributed by atoms with Gasteiger partial charge in [-0.3, -0.25) is 0 Å². The van der Waals surface area contributed by atoms with E-state index in [9.17, 15) is 4.39 Å². The molecule has 2 nitrogen and oxygen atoms in total. The molecule has 1 fully saturated rings. The molecule has 1 aliphatic heterocycles. The summed E-state index contributed by atoms with van der Waals surface area (Å²) in [4.78, 5) is 2.47. The van der Waals surface area contributed by atoms with Crippen LogP contribution in [0.1, 0.15) is 46.1 Å². The summed E-state index contributed by atoms with van der Waals surface area (Å²) in [7, 11) is 0. The van der Waals surface area contributed by atoms with Crippen molar-refractivity contribution in [1.29, 1.82) is 0 Å². The summed E-state index contributed by atoms with van der Waals surface area (Å²) in [6.45, 7) is 10.6. The lowest BCUT2D eigenvalue weighted by Crippen LogP contribution is -2.34. The first-order valence-electron chi connectivity index (χ1n) is 7.77. The van der Waals surface area contributed by atoms with E-state index in [4.69, 9.17) is 0 Å². The van der Waals surface area contributed by atoms with Gasteiger partial charge in [-0.25, -0.2) is 4.39 Å². The summed E-state index contributed by atoms with van der Waals surface area (Å²) in [5.74, 6) is 0.489. The quantitative estimate of drug-likeness (QED) is 0.877. The number of halogens is 1. The van der Waals surface area contributed by atoms with Crippen LogP contribution in [0.3, 0.4) is 0 Å². The minimum atomic E-state index is -0.144. The van der Waals surface area contributed by atoms with E-state index in [2.05, 4.69) is 37.9 Å². The Bertz CT molecular complexity index is 443. The van der Waals surface area contributed by atoms with Crippen LogP contribution in [0.2, 0.25) is 0 Å². The largest absolute Gasteiger partial charge is 0.368 e. The minimum absolute atomic E-state index is 0.144. The maximum Gasteiger partial charge on any atom is 0.123 e. The van der Waals surface area contributed by atoms with Crippen molar-refractivity contribution < 1.29 is 4.39 Å². The molecule has 0 radical (unpaired) electrons. The lowest BCUT2D eigenvalue weighted by atomic mass is 10.0. The zero-order valence-electron chi connectivity index (χ0n) is 13.1. The maximum absolute atomic E-state index is 13.6. The van der Waals surface area contributed by atoms with Gasteiger partial charge < -0.3 is 10.2 Å². The van der Waals surface area contributed by atoms with Gasteiger partial charge in [0.1, 0.15) is 5.82 Å². The highest BCUT2D eigenvalue weighted by Gasteiger charge is 2.28. The molecule has 0 saturated carbocycles. The van der Waals surface area contributed by atoms with E-state index in [-0.39, 0.29) is 5.82 Å². The van der Waals surface area contributed by atoms with Crippen LogP contribution < -0.4 is 10.2 Å². The Morgan fingerprint density at radius 3 is 2.70 bits per heavy atom. The number of anilines is 1. The van der Waals surface area contributed by atoms with Crippen molar-refractivity contribution in [2.45, 2.75) is 59.2 Å². The molecular formula is C17H27FN2. The second-order valence-corrected chi connectivity index (χ2v) is 6.46. The fraction of sp³-hybridized carbons (Fsp3) is 0.647. The topological polar surface area (TPSA) is 15.3 Å². The SMILES string of the molecule is CC(C)NCc1cc(F)ccc1N1CCCC1C(C)C. The number of benzene rings is 1. The van der Waals surface area contributed by atoms with Crippen molar-refractivity contribution in [3.8, 4) is 0 Å². The second-order valence-electron chi connectivity index (χ2n) is 6.46. The summed E-state index contributed by atoms with van der Waals surface area (Å²) in [6.07, 6.45) is 2.48. The minimum Gasteiger partial charge on any atom is -0.368 e. The second kappa shape index (κ2) is 6.57. The Morgan fingerprint density at radius 2 is 2.05 bits per heavy atom. The van der Waals surface area contributed by atoms with Crippen LogP contribution in [0.25, 0.3) is 0 Å². The van der Waals surface area contributed by atoms with Gasteiger partial charge in [0.25, 0.3) is 0 Å². The van der Waals surface area contributed by atoms with E-state index in [0.29, 0.717) is 18.0 Å². The summed E-state index contributed by atoms with van der Waals surface area (Å²) < 4.78 is 13.6. The molecule has 20 heavy (non-hydrogen) atoms. The average molecular weight is 278 g/mol. The Kier molecular flexibility index (Phi) is 5.03. The molecule has 3 heteroatoms. The van der Waals surface area contributed by atoms with Gasteiger partial charge >= 0.3 is 0 Å². The first-order valence-corrected chi connectivity index (χ1v) is 7.77. The molecule has 1 unspecified atom stereocenters. The first-order chi connectivity index (χ1) is 9.49. The Hall–Kier alpha value is -1.09. The number of hydrogen-bond acceptors (Lipinski definition) is 2. The third kappa shape index (κ3) is 3.51. The molecule has 2 rings (SSSR count). The zero-order chi connectivity index (χ0) is 14.7. The Balaban J connectivity index is 2.25. The summed E-state index contributed by atoms with van der Waals surface area (Å²) in [6, 6.07) is 6.21. The highest BCUT2D eigenvalue weighted by atomic mass is 19.1. The number of rotatable bonds is 5. The van der Waals surface area contributed by atoms with Gasteiger partial charge in [-0.05, 0) is 42.5 Å². The number of hydrogen-bond donors (Lipinski definition) is 1. The molecule has 1 aromatic carbocycles. The monoisotopic (exact) mass is 278 g/mol. The van der Waals surface area contributed by atoms with Crippen LogP contribution in [0.4, 0.5) is 10.1 Å². The van der Waals surface area contributed by atoms with E-state index in [1.54, 1.807) is 12.1 Å². The molecule has 1 N–H and O–H groups in total. The van der Waals surface area contributed by atoms with Gasteiger partial charge in [-0.2, -0.15) is 0 Å². The fourth-order valence-electron chi connectivity index (χ4n) is 3.07. The maximum atomic E-state index is 13.6. The first kappa shape index (κ1) is 15.3. The predicted molar refractivity (Wildman–Crippen MR) is 83.6 cm³/mol. The van der Waals surface area contributed by atoms with Crippen LogP contribution in [-0.4, -0.2) is 18.6 Å². The van der Waals surface area contributed by atoms with Crippen molar-refractivity contribution in [1.82, 2.24) is 5.32 Å². The van der Waals surface area contributed by atoms with E-state index in [1.807, 2.05) is 6.07 Å². The lowest BCUT2D eigenvalue weighted by molar-refractivity contribution is 0.490. The van der Waals surface area contributed by atoms with Crippen LogP contribution >= 0.6 is 0 Å². The van der Waals surface area contributed by atoms with E-state index in [0.717, 1.165) is 18.7 Å². The summed E-state index contributed by atoms with van der Waals surface area (Å²) >= 11 is 0. The molecule has 1 saturated heterocycles. The van der Waals surface area contributed by atoms with Crippen LogP contribution in [0.15, 0.2) is 18.2 Å². The van der Waals surface area contributed by atoms with Gasteiger partial charge in [0.2, 0.25) is 0 Å². The van der Waals surface area contributed by atoms with Gasteiger partial charge in [0.15, 0.2) is 0 Å². The molecule has 1 aliphatic rings. The average Bonchev–Trinajstić information content (AvgIpc) is 2.85. The molecule has 1 aromatic rings.